The third-order valence-electron chi connectivity index (χ3n) is 4.47. The van der Waals surface area contributed by atoms with Crippen molar-refractivity contribution in [2.45, 2.75) is 20.5 Å². The number of esters is 1. The summed E-state index contributed by atoms with van der Waals surface area (Å²) < 4.78 is 17.9. The van der Waals surface area contributed by atoms with E-state index >= 15 is 0 Å². The van der Waals surface area contributed by atoms with Crippen molar-refractivity contribution >= 4 is 34.5 Å². The minimum absolute atomic E-state index is 0.0158. The molecule has 0 spiro atoms. The number of benzene rings is 2. The van der Waals surface area contributed by atoms with E-state index in [4.69, 9.17) is 32.4 Å². The SMILES string of the molecule is CO/N=C(/C(=O)OC)c1cccc(C)c1CO/N=C(C)/C(N)=C/C(=S)c1ccc(F)cc1. The number of nitrogens with two attached hydrogens (primary N) is 1. The van der Waals surface area contributed by atoms with E-state index in [0.717, 1.165) is 5.56 Å². The smallest absolute Gasteiger partial charge is 0.360 e. The van der Waals surface area contributed by atoms with E-state index in [0.29, 0.717) is 33.0 Å². The van der Waals surface area contributed by atoms with Gasteiger partial charge in [0.1, 0.15) is 19.5 Å². The van der Waals surface area contributed by atoms with Crippen molar-refractivity contribution in [1.82, 2.24) is 0 Å². The highest BCUT2D eigenvalue weighted by molar-refractivity contribution is 7.81. The molecule has 0 saturated heterocycles. The summed E-state index contributed by atoms with van der Waals surface area (Å²) in [6.07, 6.45) is 1.56. The molecule has 0 bridgehead atoms. The maximum atomic E-state index is 13.1. The van der Waals surface area contributed by atoms with Crippen molar-refractivity contribution < 1.29 is 23.6 Å². The minimum atomic E-state index is -0.639. The molecular formula is C23H24FN3O4S. The Labute approximate surface area is 191 Å². The maximum Gasteiger partial charge on any atom is 0.360 e. The molecule has 0 aliphatic heterocycles. The van der Waals surface area contributed by atoms with Gasteiger partial charge in [-0.2, -0.15) is 0 Å². The molecule has 168 valence electrons. The van der Waals surface area contributed by atoms with Gasteiger partial charge < -0.3 is 20.1 Å². The first-order chi connectivity index (χ1) is 15.3. The second-order valence-corrected chi connectivity index (χ2v) is 7.08. The highest BCUT2D eigenvalue weighted by atomic mass is 32.1. The number of methoxy groups -OCH3 is 1. The molecule has 2 aromatic carbocycles. The fraction of sp³-hybridized carbons (Fsp3) is 0.217. The largest absolute Gasteiger partial charge is 0.464 e. The third kappa shape index (κ3) is 6.45. The summed E-state index contributed by atoms with van der Waals surface area (Å²) in [5.74, 6) is -0.985. The Balaban J connectivity index is 2.19. The first-order valence-corrected chi connectivity index (χ1v) is 9.91. The number of nitrogens with zero attached hydrogens (tertiary/aromatic N) is 2. The Kier molecular flexibility index (Phi) is 9.03. The standard InChI is InChI=1S/C23H24FN3O4S/c1-14-6-5-7-18(22(27-30-4)23(28)29-3)19(14)13-31-26-15(2)20(25)12-21(32)16-8-10-17(24)11-9-16/h5-12H,13,25H2,1-4H3/b20-12-,26-15+,27-22+. The topological polar surface area (TPSA) is 95.5 Å². The molecule has 0 heterocycles. The maximum absolute atomic E-state index is 13.1. The van der Waals surface area contributed by atoms with Crippen LogP contribution in [0.5, 0.6) is 0 Å². The minimum Gasteiger partial charge on any atom is -0.464 e. The van der Waals surface area contributed by atoms with Crippen LogP contribution in [0.3, 0.4) is 0 Å². The number of halogens is 1. The predicted molar refractivity (Wildman–Crippen MR) is 125 cm³/mol. The molecule has 2 aromatic rings. The second kappa shape index (κ2) is 11.7. The van der Waals surface area contributed by atoms with Gasteiger partial charge in [0, 0.05) is 16.0 Å². The Hall–Kier alpha value is -3.59. The van der Waals surface area contributed by atoms with Crippen molar-refractivity contribution in [2.24, 2.45) is 16.0 Å². The Bertz CT molecular complexity index is 1080. The molecule has 0 aromatic heterocycles. The average molecular weight is 458 g/mol. The van der Waals surface area contributed by atoms with Gasteiger partial charge in [-0.05, 0) is 43.2 Å². The van der Waals surface area contributed by atoms with Crippen LogP contribution in [0.4, 0.5) is 4.39 Å². The lowest BCUT2D eigenvalue weighted by Gasteiger charge is -2.12. The lowest BCUT2D eigenvalue weighted by atomic mass is 9.99. The van der Waals surface area contributed by atoms with Crippen molar-refractivity contribution in [2.75, 3.05) is 14.2 Å². The van der Waals surface area contributed by atoms with Gasteiger partial charge >= 0.3 is 5.97 Å². The van der Waals surface area contributed by atoms with E-state index in [1.54, 1.807) is 37.3 Å². The van der Waals surface area contributed by atoms with Crippen LogP contribution in [0.25, 0.3) is 0 Å². The summed E-state index contributed by atoms with van der Waals surface area (Å²) in [7, 11) is 2.60. The van der Waals surface area contributed by atoms with E-state index in [-0.39, 0.29) is 18.1 Å². The van der Waals surface area contributed by atoms with Crippen molar-refractivity contribution in [1.29, 1.82) is 0 Å². The average Bonchev–Trinajstić information content (AvgIpc) is 2.78. The zero-order valence-electron chi connectivity index (χ0n) is 18.2. The van der Waals surface area contributed by atoms with Crippen LogP contribution in [0, 0.1) is 12.7 Å². The summed E-state index contributed by atoms with van der Waals surface area (Å²) in [6, 6.07) is 11.2. The Morgan fingerprint density at radius 1 is 1.16 bits per heavy atom. The van der Waals surface area contributed by atoms with Gasteiger partial charge in [-0.1, -0.05) is 52.9 Å². The zero-order chi connectivity index (χ0) is 23.7. The van der Waals surface area contributed by atoms with Gasteiger partial charge in [-0.15, -0.1) is 0 Å². The van der Waals surface area contributed by atoms with E-state index in [1.165, 1.54) is 26.4 Å². The van der Waals surface area contributed by atoms with Gasteiger partial charge in [0.2, 0.25) is 0 Å². The van der Waals surface area contributed by atoms with Gasteiger partial charge in [0.15, 0.2) is 5.71 Å². The number of aryl methyl sites for hydroxylation is 1. The van der Waals surface area contributed by atoms with Gasteiger partial charge in [0.05, 0.1) is 18.5 Å². The van der Waals surface area contributed by atoms with Crippen molar-refractivity contribution in [3.63, 3.8) is 0 Å². The second-order valence-electron chi connectivity index (χ2n) is 6.64. The highest BCUT2D eigenvalue weighted by Gasteiger charge is 2.20. The lowest BCUT2D eigenvalue weighted by Crippen LogP contribution is -2.20. The summed E-state index contributed by atoms with van der Waals surface area (Å²) in [5.41, 5.74) is 9.51. The molecule has 0 aliphatic rings. The van der Waals surface area contributed by atoms with Crippen LogP contribution < -0.4 is 5.73 Å². The number of oxime groups is 2. The van der Waals surface area contributed by atoms with E-state index < -0.39 is 5.97 Å². The number of hydrogen-bond acceptors (Lipinski definition) is 8. The van der Waals surface area contributed by atoms with Gasteiger partial charge in [-0.3, -0.25) is 0 Å². The zero-order valence-corrected chi connectivity index (χ0v) is 19.0. The normalized spacial score (nSPS) is 12.3. The molecule has 2 rings (SSSR count). The highest BCUT2D eigenvalue weighted by Crippen LogP contribution is 2.18. The molecule has 0 aliphatic carbocycles. The molecule has 7 nitrogen and oxygen atoms in total. The van der Waals surface area contributed by atoms with Crippen molar-refractivity contribution in [3.05, 3.63) is 82.3 Å². The quantitative estimate of drug-likeness (QED) is 0.154. The number of hydrogen-bond donors (Lipinski definition) is 1. The fourth-order valence-corrected chi connectivity index (χ4v) is 2.95. The van der Waals surface area contributed by atoms with E-state index in [1.807, 2.05) is 13.0 Å². The van der Waals surface area contributed by atoms with Crippen LogP contribution in [0.2, 0.25) is 0 Å². The number of allylic oxidation sites excluding steroid dienone is 2. The van der Waals surface area contributed by atoms with Crippen LogP contribution in [-0.2, 0) is 25.8 Å². The summed E-state index contributed by atoms with van der Waals surface area (Å²) in [6.45, 7) is 3.59. The first kappa shape index (κ1) is 24.7. The molecule has 0 amide bonds. The third-order valence-corrected chi connectivity index (χ3v) is 4.82. The molecule has 0 saturated carbocycles. The molecule has 2 N–H and O–H groups in total. The molecule has 9 heteroatoms. The first-order valence-electron chi connectivity index (χ1n) is 9.50. The summed E-state index contributed by atoms with van der Waals surface area (Å²) >= 11 is 5.33. The number of thiocarbonyl (C=S) groups is 1. The van der Waals surface area contributed by atoms with Crippen LogP contribution >= 0.6 is 12.2 Å². The van der Waals surface area contributed by atoms with Crippen LogP contribution in [0.1, 0.15) is 29.2 Å². The Morgan fingerprint density at radius 3 is 2.47 bits per heavy atom. The number of ether oxygens (including phenoxy) is 1. The molecule has 0 atom stereocenters. The van der Waals surface area contributed by atoms with Crippen LogP contribution in [0.15, 0.2) is 64.5 Å². The fourth-order valence-electron chi connectivity index (χ4n) is 2.69. The summed E-state index contributed by atoms with van der Waals surface area (Å²) in [5, 5.41) is 7.84. The number of carbonyl (C=O) groups is 1. The van der Waals surface area contributed by atoms with Crippen molar-refractivity contribution in [3.8, 4) is 0 Å². The molecule has 0 unspecified atom stereocenters. The van der Waals surface area contributed by atoms with Crippen LogP contribution in [-0.4, -0.2) is 36.5 Å². The number of carbonyl (C=O) groups excluding carboxylic acids is 1. The molecule has 0 radical (unpaired) electrons. The predicted octanol–water partition coefficient (Wildman–Crippen LogP) is 3.81. The summed E-state index contributed by atoms with van der Waals surface area (Å²) in [4.78, 5) is 22.8. The molecule has 0 fully saturated rings. The molecule has 32 heavy (non-hydrogen) atoms. The number of rotatable bonds is 9. The lowest BCUT2D eigenvalue weighted by molar-refractivity contribution is -0.132. The van der Waals surface area contributed by atoms with E-state index in [2.05, 4.69) is 10.3 Å². The molecular weight excluding hydrogens is 433 g/mol. The van der Waals surface area contributed by atoms with E-state index in [9.17, 15) is 9.18 Å². The monoisotopic (exact) mass is 457 g/mol. The van der Waals surface area contributed by atoms with Gasteiger partial charge in [-0.25, -0.2) is 9.18 Å². The Morgan fingerprint density at radius 2 is 1.84 bits per heavy atom. The van der Waals surface area contributed by atoms with Gasteiger partial charge in [0.25, 0.3) is 0 Å².